The molecule has 3 heterocycles. The summed E-state index contributed by atoms with van der Waals surface area (Å²) in [6.07, 6.45) is 4.34. The van der Waals surface area contributed by atoms with E-state index in [0.29, 0.717) is 12.8 Å². The number of allylic oxidation sites excluding steroid dienone is 1. The Morgan fingerprint density at radius 3 is 2.30 bits per heavy atom. The second-order valence-electron chi connectivity index (χ2n) is 15.1. The van der Waals surface area contributed by atoms with Crippen molar-refractivity contribution >= 4 is 39.9 Å². The average molecular weight is 750 g/mol. The number of alkyl carbamates (subject to hydrolysis) is 1. The van der Waals surface area contributed by atoms with Crippen LogP contribution in [0.2, 0.25) is 0 Å². The number of ether oxygens (including phenoxy) is 2. The molecule has 5 amide bonds. The van der Waals surface area contributed by atoms with E-state index >= 15 is 0 Å². The van der Waals surface area contributed by atoms with Crippen LogP contribution in [0.25, 0.3) is 0 Å². The van der Waals surface area contributed by atoms with E-state index < -0.39 is 76.2 Å². The second kappa shape index (κ2) is 15.2. The minimum Gasteiger partial charge on any atom is -0.444 e. The van der Waals surface area contributed by atoms with Crippen molar-refractivity contribution in [3.05, 3.63) is 77.9 Å². The molecule has 2 aromatic carbocycles. The maximum absolute atomic E-state index is 14.8. The third kappa shape index (κ3) is 8.66. The zero-order chi connectivity index (χ0) is 38.0. The normalized spacial score (nSPS) is 26.2. The Morgan fingerprint density at radius 2 is 1.62 bits per heavy atom. The van der Waals surface area contributed by atoms with Crippen molar-refractivity contribution < 1.29 is 41.9 Å². The monoisotopic (exact) mass is 749 g/mol. The SMILES string of the molecule is CC(C)(C)OC(=O)NC1CCCCCC=CC2CC2NC(=O)C2(C(=O)NS(=O)(=O)c3ccccc3)CC(OC(=O)N3Cc4ccccc4C3)CN2C1=O. The Bertz CT molecular complexity index is 1850. The third-order valence-corrected chi connectivity index (χ3v) is 11.3. The first-order valence-corrected chi connectivity index (χ1v) is 19.6. The lowest BCUT2D eigenvalue weighted by Gasteiger charge is -2.37. The molecule has 0 bridgehead atoms. The Labute approximate surface area is 309 Å². The van der Waals surface area contributed by atoms with E-state index in [4.69, 9.17) is 9.47 Å². The fourth-order valence-corrected chi connectivity index (χ4v) is 8.18. The summed E-state index contributed by atoms with van der Waals surface area (Å²) in [6.45, 7) is 5.17. The summed E-state index contributed by atoms with van der Waals surface area (Å²) in [4.78, 5) is 72.9. The summed E-state index contributed by atoms with van der Waals surface area (Å²) < 4.78 is 40.6. The summed E-state index contributed by atoms with van der Waals surface area (Å²) in [6, 6.07) is 13.1. The van der Waals surface area contributed by atoms with Gasteiger partial charge in [0.1, 0.15) is 17.7 Å². The van der Waals surface area contributed by atoms with Crippen LogP contribution in [0.5, 0.6) is 0 Å². The van der Waals surface area contributed by atoms with Gasteiger partial charge in [0.15, 0.2) is 0 Å². The number of benzene rings is 2. The maximum atomic E-state index is 14.8. The number of carbonyl (C=O) groups is 5. The van der Waals surface area contributed by atoms with E-state index in [9.17, 15) is 32.4 Å². The molecule has 3 aliphatic heterocycles. The highest BCUT2D eigenvalue weighted by molar-refractivity contribution is 7.90. The molecule has 1 saturated heterocycles. The van der Waals surface area contributed by atoms with E-state index in [1.54, 1.807) is 26.8 Å². The minimum atomic E-state index is -4.53. The molecule has 3 N–H and O–H groups in total. The number of carbonyl (C=O) groups excluding carboxylic acids is 5. The van der Waals surface area contributed by atoms with Crippen molar-refractivity contribution in [3.8, 4) is 0 Å². The van der Waals surface area contributed by atoms with Gasteiger partial charge in [-0.3, -0.25) is 19.3 Å². The van der Waals surface area contributed by atoms with Crippen molar-refractivity contribution in [1.29, 1.82) is 0 Å². The number of hydrogen-bond acceptors (Lipinski definition) is 9. The number of amides is 5. The van der Waals surface area contributed by atoms with Gasteiger partial charge in [-0.25, -0.2) is 22.7 Å². The third-order valence-electron chi connectivity index (χ3n) is 9.93. The Balaban J connectivity index is 1.37. The standard InChI is InChI=1S/C38H47N5O9S/c1-37(2,3)52-35(47)40-30-19-11-6-4-5-8-14-25-20-31(25)39-33(45)38(34(46)41-53(49,50)29-17-9-7-10-18-29)21-28(24-43(38)32(30)44)51-36(48)42-22-26-15-12-13-16-27(26)23-42/h7-10,12-18,25,28,30-31H,4-6,11,19-24H2,1-3H3,(H,39,45)(H,40,47)(H,41,46). The van der Waals surface area contributed by atoms with Gasteiger partial charge in [0.05, 0.1) is 11.4 Å². The highest BCUT2D eigenvalue weighted by atomic mass is 32.2. The molecule has 5 unspecified atom stereocenters. The summed E-state index contributed by atoms with van der Waals surface area (Å²) >= 11 is 0. The minimum absolute atomic E-state index is 0.00481. The first-order valence-electron chi connectivity index (χ1n) is 18.1. The van der Waals surface area contributed by atoms with E-state index in [0.717, 1.165) is 35.3 Å². The lowest BCUT2D eigenvalue weighted by atomic mass is 9.92. The molecule has 53 heavy (non-hydrogen) atoms. The van der Waals surface area contributed by atoms with Gasteiger partial charge in [0, 0.05) is 25.6 Å². The van der Waals surface area contributed by atoms with Crippen LogP contribution in [-0.2, 0) is 47.0 Å². The van der Waals surface area contributed by atoms with Crippen LogP contribution < -0.4 is 15.4 Å². The Morgan fingerprint density at radius 1 is 0.943 bits per heavy atom. The van der Waals surface area contributed by atoms with Crippen molar-refractivity contribution in [3.63, 3.8) is 0 Å². The summed E-state index contributed by atoms with van der Waals surface area (Å²) in [7, 11) is -4.53. The van der Waals surface area contributed by atoms with Crippen LogP contribution in [0.1, 0.15) is 76.8 Å². The van der Waals surface area contributed by atoms with Crippen LogP contribution in [0.4, 0.5) is 9.59 Å². The number of hydrogen-bond donors (Lipinski definition) is 3. The first kappa shape index (κ1) is 37.8. The molecule has 2 fully saturated rings. The van der Waals surface area contributed by atoms with E-state index in [1.165, 1.54) is 29.2 Å². The number of fused-ring (bicyclic) bond motifs is 3. The molecule has 0 aromatic heterocycles. The number of rotatable bonds is 5. The summed E-state index contributed by atoms with van der Waals surface area (Å²) in [5.74, 6) is -3.02. The van der Waals surface area contributed by atoms with Crippen molar-refractivity contribution in [2.75, 3.05) is 6.54 Å². The van der Waals surface area contributed by atoms with Gasteiger partial charge in [0.25, 0.3) is 21.8 Å². The molecule has 0 spiro atoms. The first-order chi connectivity index (χ1) is 25.2. The largest absolute Gasteiger partial charge is 0.444 e. The molecular formula is C38H47N5O9S. The molecule has 14 nitrogen and oxygen atoms in total. The van der Waals surface area contributed by atoms with E-state index in [2.05, 4.69) is 15.4 Å². The van der Waals surface area contributed by atoms with Gasteiger partial charge in [-0.15, -0.1) is 0 Å². The summed E-state index contributed by atoms with van der Waals surface area (Å²) in [5.41, 5.74) is -1.48. The Hall–Kier alpha value is -4.92. The maximum Gasteiger partial charge on any atom is 0.410 e. The fraction of sp³-hybridized carbons (Fsp3) is 0.500. The quantitative estimate of drug-likeness (QED) is 0.302. The van der Waals surface area contributed by atoms with Crippen molar-refractivity contribution in [2.24, 2.45) is 5.92 Å². The smallest absolute Gasteiger partial charge is 0.410 e. The second-order valence-corrected chi connectivity index (χ2v) is 16.8. The number of sulfonamides is 1. The highest BCUT2D eigenvalue weighted by Gasteiger charge is 2.62. The topological polar surface area (TPSA) is 181 Å². The van der Waals surface area contributed by atoms with Crippen LogP contribution in [-0.4, -0.2) is 84.0 Å². The van der Waals surface area contributed by atoms with Gasteiger partial charge in [-0.1, -0.05) is 67.5 Å². The molecule has 284 valence electrons. The van der Waals surface area contributed by atoms with Crippen LogP contribution in [0.15, 0.2) is 71.6 Å². The van der Waals surface area contributed by atoms with Crippen molar-refractivity contribution in [1.82, 2.24) is 25.2 Å². The summed E-state index contributed by atoms with van der Waals surface area (Å²) in [5, 5.41) is 5.53. The van der Waals surface area contributed by atoms with Crippen LogP contribution >= 0.6 is 0 Å². The highest BCUT2D eigenvalue weighted by Crippen LogP contribution is 2.38. The lowest BCUT2D eigenvalue weighted by molar-refractivity contribution is -0.154. The molecule has 15 heteroatoms. The average Bonchev–Trinajstić information content (AvgIpc) is 3.49. The number of nitrogens with zero attached hydrogens (tertiary/aromatic N) is 2. The Kier molecular flexibility index (Phi) is 10.9. The lowest BCUT2D eigenvalue weighted by Crippen LogP contribution is -2.68. The van der Waals surface area contributed by atoms with Gasteiger partial charge in [-0.05, 0) is 75.6 Å². The van der Waals surface area contributed by atoms with Crippen molar-refractivity contribution in [2.45, 2.75) is 113 Å². The molecular weight excluding hydrogens is 703 g/mol. The van der Waals surface area contributed by atoms with E-state index in [1.807, 2.05) is 36.4 Å². The fourth-order valence-electron chi connectivity index (χ4n) is 7.13. The van der Waals surface area contributed by atoms with E-state index in [-0.39, 0.29) is 36.4 Å². The predicted molar refractivity (Wildman–Crippen MR) is 192 cm³/mol. The molecule has 2 aromatic rings. The van der Waals surface area contributed by atoms with Gasteiger partial charge < -0.3 is 25.0 Å². The van der Waals surface area contributed by atoms with Crippen LogP contribution in [0, 0.1) is 5.92 Å². The van der Waals surface area contributed by atoms with Gasteiger partial charge in [0.2, 0.25) is 11.4 Å². The molecule has 0 radical (unpaired) electrons. The zero-order valence-corrected chi connectivity index (χ0v) is 31.0. The van der Waals surface area contributed by atoms with Gasteiger partial charge >= 0.3 is 12.2 Å². The number of nitrogens with one attached hydrogen (secondary N) is 3. The molecule has 5 atom stereocenters. The molecule has 4 aliphatic rings. The molecule has 6 rings (SSSR count). The van der Waals surface area contributed by atoms with Crippen LogP contribution in [0.3, 0.4) is 0 Å². The molecule has 1 saturated carbocycles. The predicted octanol–water partition coefficient (Wildman–Crippen LogP) is 3.90. The van der Waals surface area contributed by atoms with Gasteiger partial charge in [-0.2, -0.15) is 0 Å². The molecule has 1 aliphatic carbocycles. The zero-order valence-electron chi connectivity index (χ0n) is 30.2.